The number of hydrogen-bond acceptors (Lipinski definition) is 2. The minimum absolute atomic E-state index is 0.187. The Morgan fingerprint density at radius 1 is 1.44 bits per heavy atom. The van der Waals surface area contributed by atoms with Crippen molar-refractivity contribution < 1.29 is 0 Å². The molecule has 0 aliphatic carbocycles. The number of halogens is 1. The first-order valence-corrected chi connectivity index (χ1v) is 7.50. The van der Waals surface area contributed by atoms with Crippen molar-refractivity contribution in [2.45, 2.75) is 45.7 Å². The Balaban J connectivity index is 2.29. The van der Waals surface area contributed by atoms with Crippen LogP contribution in [-0.2, 0) is 0 Å². The Labute approximate surface area is 119 Å². The molecule has 100 valence electrons. The van der Waals surface area contributed by atoms with E-state index in [0.717, 1.165) is 13.1 Å². The van der Waals surface area contributed by atoms with Crippen LogP contribution < -0.4 is 10.2 Å². The van der Waals surface area contributed by atoms with Crippen molar-refractivity contribution in [3.05, 3.63) is 28.2 Å². The molecule has 1 fully saturated rings. The van der Waals surface area contributed by atoms with Crippen LogP contribution in [0.2, 0.25) is 0 Å². The molecule has 0 saturated carbocycles. The zero-order valence-electron chi connectivity index (χ0n) is 11.8. The number of aryl methyl sites for hydroxylation is 1. The van der Waals surface area contributed by atoms with Gasteiger partial charge in [0, 0.05) is 34.8 Å². The predicted molar refractivity (Wildman–Crippen MR) is 82.4 cm³/mol. The summed E-state index contributed by atoms with van der Waals surface area (Å²) in [6.07, 6.45) is 1.18. The highest BCUT2D eigenvalue weighted by Crippen LogP contribution is 2.28. The van der Waals surface area contributed by atoms with E-state index in [2.05, 4.69) is 72.0 Å². The SMILES string of the molecule is CCC1CNC(C)(C)CN1c1ccc(Br)c(C)c1. The number of benzene rings is 1. The van der Waals surface area contributed by atoms with Gasteiger partial charge in [0.2, 0.25) is 0 Å². The molecule has 1 heterocycles. The second-order valence-corrected chi connectivity index (χ2v) is 6.74. The van der Waals surface area contributed by atoms with Gasteiger partial charge in [-0.15, -0.1) is 0 Å². The van der Waals surface area contributed by atoms with E-state index in [1.165, 1.54) is 22.1 Å². The van der Waals surface area contributed by atoms with E-state index in [-0.39, 0.29) is 5.54 Å². The van der Waals surface area contributed by atoms with Gasteiger partial charge in [-0.05, 0) is 51.0 Å². The van der Waals surface area contributed by atoms with Gasteiger partial charge < -0.3 is 10.2 Å². The molecule has 0 amide bonds. The summed E-state index contributed by atoms with van der Waals surface area (Å²) in [5.41, 5.74) is 2.84. The lowest BCUT2D eigenvalue weighted by Crippen LogP contribution is -2.61. The zero-order valence-corrected chi connectivity index (χ0v) is 13.3. The van der Waals surface area contributed by atoms with Gasteiger partial charge >= 0.3 is 0 Å². The van der Waals surface area contributed by atoms with Crippen LogP contribution >= 0.6 is 15.9 Å². The van der Waals surface area contributed by atoms with Gasteiger partial charge in [0.1, 0.15) is 0 Å². The van der Waals surface area contributed by atoms with Crippen molar-refractivity contribution in [2.75, 3.05) is 18.0 Å². The molecule has 0 radical (unpaired) electrons. The lowest BCUT2D eigenvalue weighted by Gasteiger charge is -2.46. The van der Waals surface area contributed by atoms with E-state index in [4.69, 9.17) is 0 Å². The maximum Gasteiger partial charge on any atom is 0.0412 e. The fourth-order valence-corrected chi connectivity index (χ4v) is 2.84. The first kappa shape index (κ1) is 13.9. The molecule has 3 heteroatoms. The van der Waals surface area contributed by atoms with Gasteiger partial charge in [0.15, 0.2) is 0 Å². The van der Waals surface area contributed by atoms with Crippen LogP contribution in [0.25, 0.3) is 0 Å². The smallest absolute Gasteiger partial charge is 0.0412 e. The number of piperazine rings is 1. The van der Waals surface area contributed by atoms with E-state index in [1.807, 2.05) is 0 Å². The number of nitrogens with zero attached hydrogens (tertiary/aromatic N) is 1. The zero-order chi connectivity index (χ0) is 13.3. The highest BCUT2D eigenvalue weighted by Gasteiger charge is 2.31. The predicted octanol–water partition coefficient (Wildman–Crippen LogP) is 3.72. The van der Waals surface area contributed by atoms with Crippen LogP contribution in [0, 0.1) is 6.92 Å². The molecule has 1 aliphatic heterocycles. The number of anilines is 1. The topological polar surface area (TPSA) is 15.3 Å². The third-order valence-corrected chi connectivity index (χ3v) is 4.66. The van der Waals surface area contributed by atoms with Crippen LogP contribution in [0.5, 0.6) is 0 Å². The lowest BCUT2D eigenvalue weighted by atomic mass is 9.96. The Morgan fingerprint density at radius 2 is 2.17 bits per heavy atom. The fraction of sp³-hybridized carbons (Fsp3) is 0.600. The van der Waals surface area contributed by atoms with E-state index in [1.54, 1.807) is 0 Å². The molecule has 0 bridgehead atoms. The molecule has 1 aliphatic rings. The first-order valence-electron chi connectivity index (χ1n) is 6.71. The average molecular weight is 311 g/mol. The third kappa shape index (κ3) is 2.89. The highest BCUT2D eigenvalue weighted by molar-refractivity contribution is 9.10. The molecule has 1 unspecified atom stereocenters. The first-order chi connectivity index (χ1) is 8.43. The highest BCUT2D eigenvalue weighted by atomic mass is 79.9. The molecule has 0 aromatic heterocycles. The minimum atomic E-state index is 0.187. The maximum absolute atomic E-state index is 3.63. The van der Waals surface area contributed by atoms with E-state index in [0.29, 0.717) is 6.04 Å². The molecule has 1 atom stereocenters. The quantitative estimate of drug-likeness (QED) is 0.895. The summed E-state index contributed by atoms with van der Waals surface area (Å²) >= 11 is 3.58. The number of rotatable bonds is 2. The maximum atomic E-state index is 3.63. The van der Waals surface area contributed by atoms with Crippen molar-refractivity contribution in [1.29, 1.82) is 0 Å². The molecule has 2 nitrogen and oxygen atoms in total. The van der Waals surface area contributed by atoms with E-state index >= 15 is 0 Å². The van der Waals surface area contributed by atoms with E-state index in [9.17, 15) is 0 Å². The van der Waals surface area contributed by atoms with Crippen LogP contribution in [0.15, 0.2) is 22.7 Å². The molecule has 18 heavy (non-hydrogen) atoms. The van der Waals surface area contributed by atoms with Crippen LogP contribution in [0.1, 0.15) is 32.8 Å². The average Bonchev–Trinajstić information content (AvgIpc) is 2.32. The number of nitrogens with one attached hydrogen (secondary N) is 1. The number of hydrogen-bond donors (Lipinski definition) is 1. The summed E-state index contributed by atoms with van der Waals surface area (Å²) in [5, 5.41) is 3.63. The second-order valence-electron chi connectivity index (χ2n) is 5.89. The molecule has 1 saturated heterocycles. The van der Waals surface area contributed by atoms with Crippen LogP contribution in [0.3, 0.4) is 0 Å². The standard InChI is InChI=1S/C15H23BrN2/c1-5-12-9-17-15(3,4)10-18(12)13-6-7-14(16)11(2)8-13/h6-8,12,17H,5,9-10H2,1-4H3. The Kier molecular flexibility index (Phi) is 4.02. The minimum Gasteiger partial charge on any atom is -0.365 e. The van der Waals surface area contributed by atoms with Crippen molar-refractivity contribution in [3.63, 3.8) is 0 Å². The van der Waals surface area contributed by atoms with Gasteiger partial charge in [0.05, 0.1) is 0 Å². The Morgan fingerprint density at radius 3 is 2.78 bits per heavy atom. The van der Waals surface area contributed by atoms with E-state index < -0.39 is 0 Å². The van der Waals surface area contributed by atoms with Crippen molar-refractivity contribution in [1.82, 2.24) is 5.32 Å². The second kappa shape index (κ2) is 5.22. The Bertz CT molecular complexity index is 429. The summed E-state index contributed by atoms with van der Waals surface area (Å²) in [4.78, 5) is 2.55. The van der Waals surface area contributed by atoms with Crippen LogP contribution in [-0.4, -0.2) is 24.7 Å². The van der Waals surface area contributed by atoms with Crippen molar-refractivity contribution in [2.24, 2.45) is 0 Å². The van der Waals surface area contributed by atoms with Crippen LogP contribution in [0.4, 0.5) is 5.69 Å². The lowest BCUT2D eigenvalue weighted by molar-refractivity contribution is 0.306. The monoisotopic (exact) mass is 310 g/mol. The van der Waals surface area contributed by atoms with Gasteiger partial charge in [-0.3, -0.25) is 0 Å². The van der Waals surface area contributed by atoms with Gasteiger partial charge in [-0.1, -0.05) is 22.9 Å². The summed E-state index contributed by atoms with van der Waals surface area (Å²) in [7, 11) is 0. The summed E-state index contributed by atoms with van der Waals surface area (Å²) in [6, 6.07) is 7.26. The van der Waals surface area contributed by atoms with Gasteiger partial charge in [-0.2, -0.15) is 0 Å². The summed E-state index contributed by atoms with van der Waals surface area (Å²) in [6.45, 7) is 11.1. The largest absolute Gasteiger partial charge is 0.365 e. The molecular formula is C15H23BrN2. The van der Waals surface area contributed by atoms with Crippen molar-refractivity contribution in [3.8, 4) is 0 Å². The molecular weight excluding hydrogens is 288 g/mol. The molecule has 0 spiro atoms. The van der Waals surface area contributed by atoms with Crippen molar-refractivity contribution >= 4 is 21.6 Å². The molecule has 1 aromatic rings. The Hall–Kier alpha value is -0.540. The molecule has 2 rings (SSSR count). The summed E-state index contributed by atoms with van der Waals surface area (Å²) < 4.78 is 1.19. The van der Waals surface area contributed by atoms with Gasteiger partial charge in [-0.25, -0.2) is 0 Å². The normalized spacial score (nSPS) is 23.2. The molecule has 1 N–H and O–H groups in total. The van der Waals surface area contributed by atoms with Gasteiger partial charge in [0.25, 0.3) is 0 Å². The fourth-order valence-electron chi connectivity index (χ4n) is 2.59. The third-order valence-electron chi connectivity index (χ3n) is 3.77. The summed E-state index contributed by atoms with van der Waals surface area (Å²) in [5.74, 6) is 0. The molecule has 1 aromatic carbocycles.